The third-order valence-electron chi connectivity index (χ3n) is 9.99. The van der Waals surface area contributed by atoms with Gasteiger partial charge in [0.15, 0.2) is 6.29 Å². The zero-order valence-electron chi connectivity index (χ0n) is 35.1. The molecule has 56 heavy (non-hydrogen) atoms. The van der Waals surface area contributed by atoms with Crippen molar-refractivity contribution in [1.82, 2.24) is 5.32 Å². The minimum atomic E-state index is -1.58. The van der Waals surface area contributed by atoms with Crippen molar-refractivity contribution in [3.63, 3.8) is 0 Å². The van der Waals surface area contributed by atoms with Crippen LogP contribution >= 0.6 is 0 Å². The number of ether oxygens (including phenoxy) is 2. The van der Waals surface area contributed by atoms with E-state index in [9.17, 15) is 30.3 Å². The van der Waals surface area contributed by atoms with Gasteiger partial charge in [0.05, 0.1) is 25.4 Å². The first kappa shape index (κ1) is 51.6. The lowest BCUT2D eigenvalue weighted by atomic mass is 9.99. The third-order valence-corrected chi connectivity index (χ3v) is 9.99. The van der Waals surface area contributed by atoms with Gasteiger partial charge in [-0.15, -0.1) is 0 Å². The van der Waals surface area contributed by atoms with E-state index in [1.165, 1.54) is 64.2 Å². The Balaban J connectivity index is 2.32. The topological polar surface area (TPSA) is 149 Å². The fourth-order valence-corrected chi connectivity index (χ4v) is 6.43. The molecule has 7 unspecified atom stereocenters. The third kappa shape index (κ3) is 27.3. The molecule has 1 fully saturated rings. The van der Waals surface area contributed by atoms with E-state index in [0.717, 1.165) is 77.0 Å². The molecular weight excluding hydrogens is 707 g/mol. The van der Waals surface area contributed by atoms with Gasteiger partial charge in [0.2, 0.25) is 5.91 Å². The Labute approximate surface area is 340 Å². The number of unbranched alkanes of at least 4 members (excludes halogenated alkanes) is 15. The number of hydrogen-bond acceptors (Lipinski definition) is 8. The number of aliphatic hydroxyl groups excluding tert-OH is 5. The molecule has 9 nitrogen and oxygen atoms in total. The minimum absolute atomic E-state index is 0.205. The monoisotopic (exact) mass is 788 g/mol. The van der Waals surface area contributed by atoms with E-state index in [0.29, 0.717) is 6.42 Å². The minimum Gasteiger partial charge on any atom is -0.394 e. The largest absolute Gasteiger partial charge is 0.394 e. The van der Waals surface area contributed by atoms with E-state index in [1.54, 1.807) is 6.08 Å². The average Bonchev–Trinajstić information content (AvgIpc) is 3.20. The molecule has 322 valence electrons. The van der Waals surface area contributed by atoms with Crippen molar-refractivity contribution >= 4 is 5.91 Å². The lowest BCUT2D eigenvalue weighted by Gasteiger charge is -2.40. The van der Waals surface area contributed by atoms with E-state index in [4.69, 9.17) is 9.47 Å². The van der Waals surface area contributed by atoms with E-state index >= 15 is 0 Å². The maximum absolute atomic E-state index is 12.9. The standard InChI is InChI=1S/C47H81NO8/c1-3-5-7-9-11-13-15-16-17-18-19-20-21-22-23-24-25-26-27-29-31-33-35-37-43(51)48-40(39-55-47-46(54)45(53)44(52)42(38-49)56-47)41(50)36-34-32-30-28-14-12-10-8-6-4-2/h6,8,14-16,18-19,21-22,28,34,36,40-42,44-47,49-50,52-54H,3-5,7,9-13,17,20,23-27,29-33,35,37-39H2,1-2H3,(H,48,51)/b8-6+,16-15-,19-18-,22-21-,28-14+,36-34+. The van der Waals surface area contributed by atoms with Crippen molar-refractivity contribution in [2.24, 2.45) is 0 Å². The second-order valence-electron chi connectivity index (χ2n) is 15.1. The van der Waals surface area contributed by atoms with Gasteiger partial charge >= 0.3 is 0 Å². The second-order valence-corrected chi connectivity index (χ2v) is 15.1. The van der Waals surface area contributed by atoms with Gasteiger partial charge in [-0.2, -0.15) is 0 Å². The Morgan fingerprint density at radius 3 is 1.70 bits per heavy atom. The first-order chi connectivity index (χ1) is 27.3. The van der Waals surface area contributed by atoms with Crippen LogP contribution in [0.1, 0.15) is 162 Å². The Bertz CT molecular complexity index is 1100. The van der Waals surface area contributed by atoms with Crippen LogP contribution in [0.4, 0.5) is 0 Å². The van der Waals surface area contributed by atoms with Crippen LogP contribution in [0.5, 0.6) is 0 Å². The molecule has 0 aromatic rings. The molecule has 0 saturated carbocycles. The summed E-state index contributed by atoms with van der Waals surface area (Å²) in [4.78, 5) is 12.9. The van der Waals surface area contributed by atoms with Crippen molar-refractivity contribution in [3.05, 3.63) is 72.9 Å². The zero-order chi connectivity index (χ0) is 40.9. The van der Waals surface area contributed by atoms with Crippen LogP contribution in [0, 0.1) is 0 Å². The molecule has 0 aromatic carbocycles. The fraction of sp³-hybridized carbons (Fsp3) is 0.723. The summed E-state index contributed by atoms with van der Waals surface area (Å²) in [6.45, 7) is 3.58. The van der Waals surface area contributed by atoms with E-state index in [-0.39, 0.29) is 12.5 Å². The quantitative estimate of drug-likeness (QED) is 0.0276. The summed E-state index contributed by atoms with van der Waals surface area (Å²) >= 11 is 0. The Kier molecular flexibility index (Phi) is 34.1. The maximum Gasteiger partial charge on any atom is 0.220 e. The van der Waals surface area contributed by atoms with Gasteiger partial charge < -0.3 is 40.3 Å². The smallest absolute Gasteiger partial charge is 0.220 e. The van der Waals surface area contributed by atoms with Gasteiger partial charge in [0.1, 0.15) is 24.4 Å². The first-order valence-corrected chi connectivity index (χ1v) is 22.2. The molecule has 9 heteroatoms. The van der Waals surface area contributed by atoms with E-state index in [2.05, 4.69) is 79.9 Å². The molecule has 1 rings (SSSR count). The van der Waals surface area contributed by atoms with Crippen LogP contribution < -0.4 is 5.32 Å². The van der Waals surface area contributed by atoms with Crippen LogP contribution in [0.3, 0.4) is 0 Å². The lowest BCUT2D eigenvalue weighted by molar-refractivity contribution is -0.302. The van der Waals surface area contributed by atoms with Crippen molar-refractivity contribution in [1.29, 1.82) is 0 Å². The number of allylic oxidation sites excluding steroid dienone is 11. The summed E-state index contributed by atoms with van der Waals surface area (Å²) in [7, 11) is 0. The highest BCUT2D eigenvalue weighted by atomic mass is 16.7. The van der Waals surface area contributed by atoms with Gasteiger partial charge in [-0.25, -0.2) is 0 Å². The molecule has 1 heterocycles. The molecule has 1 amide bonds. The van der Waals surface area contributed by atoms with Crippen LogP contribution in [0.15, 0.2) is 72.9 Å². The van der Waals surface area contributed by atoms with Crippen LogP contribution in [-0.2, 0) is 14.3 Å². The normalized spacial score (nSPS) is 21.9. The molecule has 0 aromatic heterocycles. The average molecular weight is 788 g/mol. The summed E-state index contributed by atoms with van der Waals surface area (Å²) in [5.41, 5.74) is 0. The number of amides is 1. The van der Waals surface area contributed by atoms with Gasteiger partial charge in [0, 0.05) is 6.42 Å². The highest BCUT2D eigenvalue weighted by molar-refractivity contribution is 5.76. The molecule has 0 spiro atoms. The predicted octanol–water partition coefficient (Wildman–Crippen LogP) is 9.00. The molecule has 0 radical (unpaired) electrons. The zero-order valence-corrected chi connectivity index (χ0v) is 35.1. The molecule has 1 saturated heterocycles. The molecule has 1 aliphatic rings. The molecule has 7 atom stereocenters. The summed E-state index contributed by atoms with van der Waals surface area (Å²) < 4.78 is 11.1. The Morgan fingerprint density at radius 2 is 1.12 bits per heavy atom. The summed E-state index contributed by atoms with van der Waals surface area (Å²) in [5.74, 6) is -0.205. The van der Waals surface area contributed by atoms with Crippen LogP contribution in [0.2, 0.25) is 0 Å². The molecule has 0 bridgehead atoms. The van der Waals surface area contributed by atoms with Crippen LogP contribution in [-0.4, -0.2) is 87.5 Å². The maximum atomic E-state index is 12.9. The van der Waals surface area contributed by atoms with Gasteiger partial charge in [-0.1, -0.05) is 151 Å². The number of carbonyl (C=O) groups excluding carboxylic acids is 1. The second kappa shape index (κ2) is 36.9. The number of hydrogen-bond donors (Lipinski definition) is 6. The summed E-state index contributed by atoms with van der Waals surface area (Å²) in [6.07, 6.45) is 42.4. The Hall–Kier alpha value is -2.37. The SMILES string of the molecule is CC/C=C/CC/C=C/CC/C=C/C(O)C(COC1OC(CO)C(O)C(O)C1O)NC(=O)CCCCCCCCCC/C=C\C/C=C\C/C=C\CCCCCCC. The van der Waals surface area contributed by atoms with E-state index < -0.39 is 49.5 Å². The highest BCUT2D eigenvalue weighted by Gasteiger charge is 2.44. The van der Waals surface area contributed by atoms with E-state index in [1.807, 2.05) is 6.08 Å². The number of aliphatic hydroxyl groups is 5. The van der Waals surface area contributed by atoms with Gasteiger partial charge in [0.25, 0.3) is 0 Å². The van der Waals surface area contributed by atoms with Gasteiger partial charge in [-0.05, 0) is 77.0 Å². The molecule has 6 N–H and O–H groups in total. The highest BCUT2D eigenvalue weighted by Crippen LogP contribution is 2.22. The van der Waals surface area contributed by atoms with Crippen molar-refractivity contribution in [2.75, 3.05) is 13.2 Å². The number of rotatable bonds is 35. The van der Waals surface area contributed by atoms with Crippen molar-refractivity contribution < 1.29 is 39.8 Å². The summed E-state index contributed by atoms with van der Waals surface area (Å²) in [5, 5.41) is 54.0. The van der Waals surface area contributed by atoms with Gasteiger partial charge in [-0.3, -0.25) is 4.79 Å². The molecule has 1 aliphatic heterocycles. The van der Waals surface area contributed by atoms with Crippen molar-refractivity contribution in [3.8, 4) is 0 Å². The predicted molar refractivity (Wildman–Crippen MR) is 230 cm³/mol. The van der Waals surface area contributed by atoms with Crippen molar-refractivity contribution in [2.45, 2.75) is 204 Å². The lowest BCUT2D eigenvalue weighted by Crippen LogP contribution is -2.60. The Morgan fingerprint density at radius 1 is 0.625 bits per heavy atom. The first-order valence-electron chi connectivity index (χ1n) is 22.2. The van der Waals surface area contributed by atoms with Crippen LogP contribution in [0.25, 0.3) is 0 Å². The molecule has 0 aliphatic carbocycles. The molecular formula is C47H81NO8. The number of nitrogens with one attached hydrogen (secondary N) is 1. The number of carbonyl (C=O) groups is 1. The summed E-state index contributed by atoms with van der Waals surface area (Å²) in [6, 6.07) is -0.833. The fourth-order valence-electron chi connectivity index (χ4n) is 6.43.